The predicted molar refractivity (Wildman–Crippen MR) is 139 cm³/mol. The highest BCUT2D eigenvalue weighted by Crippen LogP contribution is 2.34. The number of halogens is 2. The van der Waals surface area contributed by atoms with Crippen molar-refractivity contribution in [3.8, 4) is 11.1 Å². The van der Waals surface area contributed by atoms with Gasteiger partial charge in [0.2, 0.25) is 0 Å². The van der Waals surface area contributed by atoms with Crippen LogP contribution in [0, 0.1) is 0 Å². The van der Waals surface area contributed by atoms with Gasteiger partial charge in [0, 0.05) is 6.26 Å². The molecule has 1 amide bonds. The summed E-state index contributed by atoms with van der Waals surface area (Å²) < 4.78 is 29.2. The molecule has 35 heavy (non-hydrogen) atoms. The lowest BCUT2D eigenvalue weighted by molar-refractivity contribution is 0.0419. The minimum Gasteiger partial charge on any atom is -0.444 e. The first-order chi connectivity index (χ1) is 16.2. The van der Waals surface area contributed by atoms with Gasteiger partial charge in [-0.2, -0.15) is 0 Å². The molecule has 0 heterocycles. The number of benzene rings is 3. The molecule has 2 unspecified atom stereocenters. The molecule has 0 bridgehead atoms. The Kier molecular flexibility index (Phi) is 8.17. The van der Waals surface area contributed by atoms with Crippen molar-refractivity contribution < 1.29 is 23.1 Å². The van der Waals surface area contributed by atoms with E-state index in [0.717, 1.165) is 17.4 Å². The van der Waals surface area contributed by atoms with E-state index in [1.54, 1.807) is 81.4 Å². The van der Waals surface area contributed by atoms with Gasteiger partial charge < -0.3 is 15.2 Å². The SMILES string of the molecule is CC(C)(C)OC(=O)NC(c1ccc(Cl)c(Cl)c1)C(O)c1ccc(-c2cccc(S(C)(=O)=O)c2)cc1. The van der Waals surface area contributed by atoms with Crippen molar-refractivity contribution in [3.63, 3.8) is 0 Å². The Bertz CT molecular complexity index is 1320. The number of rotatable bonds is 6. The Labute approximate surface area is 215 Å². The molecule has 0 aliphatic carbocycles. The number of hydrogen-bond donors (Lipinski definition) is 2. The van der Waals surface area contributed by atoms with Gasteiger partial charge in [0.05, 0.1) is 21.0 Å². The molecule has 0 saturated carbocycles. The van der Waals surface area contributed by atoms with Crippen LogP contribution in [0.1, 0.15) is 44.0 Å². The maximum Gasteiger partial charge on any atom is 0.408 e. The van der Waals surface area contributed by atoms with E-state index in [2.05, 4.69) is 5.32 Å². The molecule has 0 fully saturated rings. The second kappa shape index (κ2) is 10.6. The van der Waals surface area contributed by atoms with Gasteiger partial charge in [-0.3, -0.25) is 0 Å². The molecule has 2 N–H and O–H groups in total. The monoisotopic (exact) mass is 535 g/mol. The number of aliphatic hydroxyl groups excluding tert-OH is 1. The second-order valence-electron chi connectivity index (χ2n) is 9.16. The van der Waals surface area contributed by atoms with Gasteiger partial charge in [0.1, 0.15) is 11.7 Å². The van der Waals surface area contributed by atoms with Crippen LogP contribution in [-0.4, -0.2) is 31.5 Å². The number of hydrogen-bond acceptors (Lipinski definition) is 5. The number of nitrogens with one attached hydrogen (secondary N) is 1. The van der Waals surface area contributed by atoms with E-state index in [1.165, 1.54) is 0 Å². The van der Waals surface area contributed by atoms with E-state index < -0.39 is 33.7 Å². The van der Waals surface area contributed by atoms with Crippen LogP contribution in [0.25, 0.3) is 11.1 Å². The summed E-state index contributed by atoms with van der Waals surface area (Å²) in [7, 11) is -3.34. The molecule has 0 aromatic heterocycles. The first kappa shape index (κ1) is 27.0. The lowest BCUT2D eigenvalue weighted by Crippen LogP contribution is -2.37. The lowest BCUT2D eigenvalue weighted by atomic mass is 9.94. The van der Waals surface area contributed by atoms with Crippen molar-refractivity contribution in [1.82, 2.24) is 5.32 Å². The van der Waals surface area contributed by atoms with Crippen molar-refractivity contribution >= 4 is 39.1 Å². The van der Waals surface area contributed by atoms with Crippen molar-refractivity contribution in [2.75, 3.05) is 6.26 Å². The maximum atomic E-state index is 12.5. The number of carbonyl (C=O) groups is 1. The molecule has 0 aliphatic heterocycles. The van der Waals surface area contributed by atoms with Crippen molar-refractivity contribution in [3.05, 3.63) is 87.9 Å². The molecule has 3 aromatic carbocycles. The van der Waals surface area contributed by atoms with Gasteiger partial charge in [-0.25, -0.2) is 13.2 Å². The van der Waals surface area contributed by atoms with Crippen LogP contribution in [-0.2, 0) is 14.6 Å². The molecule has 0 saturated heterocycles. The summed E-state index contributed by atoms with van der Waals surface area (Å²) in [5.41, 5.74) is 1.85. The number of ether oxygens (including phenoxy) is 1. The summed E-state index contributed by atoms with van der Waals surface area (Å²) in [4.78, 5) is 12.8. The Morgan fingerprint density at radius 3 is 2.11 bits per heavy atom. The topological polar surface area (TPSA) is 92.7 Å². The molecule has 2 atom stereocenters. The van der Waals surface area contributed by atoms with Crippen LogP contribution in [0.2, 0.25) is 10.0 Å². The van der Waals surface area contributed by atoms with E-state index in [1.807, 2.05) is 6.07 Å². The molecule has 0 radical (unpaired) electrons. The maximum absolute atomic E-state index is 12.5. The first-order valence-electron chi connectivity index (χ1n) is 10.8. The van der Waals surface area contributed by atoms with Crippen molar-refractivity contribution in [1.29, 1.82) is 0 Å². The van der Waals surface area contributed by atoms with E-state index >= 15 is 0 Å². The molecule has 186 valence electrons. The zero-order valence-corrected chi connectivity index (χ0v) is 22.1. The van der Waals surface area contributed by atoms with Crippen molar-refractivity contribution in [2.24, 2.45) is 0 Å². The van der Waals surface area contributed by atoms with Crippen LogP contribution < -0.4 is 5.32 Å². The minimum atomic E-state index is -3.34. The molecule has 0 aliphatic rings. The molecule has 3 rings (SSSR count). The summed E-state index contributed by atoms with van der Waals surface area (Å²) in [6.45, 7) is 5.23. The van der Waals surface area contributed by atoms with Gasteiger partial charge in [-0.1, -0.05) is 65.7 Å². The molecule has 9 heteroatoms. The van der Waals surface area contributed by atoms with E-state index in [4.69, 9.17) is 27.9 Å². The fourth-order valence-electron chi connectivity index (χ4n) is 3.46. The zero-order chi connectivity index (χ0) is 26.0. The van der Waals surface area contributed by atoms with Crippen LogP contribution in [0.4, 0.5) is 4.79 Å². The fourth-order valence-corrected chi connectivity index (χ4v) is 4.43. The largest absolute Gasteiger partial charge is 0.444 e. The van der Waals surface area contributed by atoms with E-state index in [9.17, 15) is 18.3 Å². The third-order valence-corrected chi connectivity index (χ3v) is 6.99. The van der Waals surface area contributed by atoms with Gasteiger partial charge in [-0.15, -0.1) is 0 Å². The molecular weight excluding hydrogens is 509 g/mol. The van der Waals surface area contributed by atoms with Crippen LogP contribution in [0.3, 0.4) is 0 Å². The number of aliphatic hydroxyl groups is 1. The molecule has 6 nitrogen and oxygen atoms in total. The molecular formula is C26H27Cl2NO5S. The fraction of sp³-hybridized carbons (Fsp3) is 0.269. The summed E-state index contributed by atoms with van der Waals surface area (Å²) in [6.07, 6.45) is -0.676. The van der Waals surface area contributed by atoms with E-state index in [0.29, 0.717) is 16.1 Å². The number of amides is 1. The Morgan fingerprint density at radius 2 is 1.54 bits per heavy atom. The van der Waals surface area contributed by atoms with Crippen LogP contribution in [0.5, 0.6) is 0 Å². The molecule has 3 aromatic rings. The lowest BCUT2D eigenvalue weighted by Gasteiger charge is -2.27. The summed E-state index contributed by atoms with van der Waals surface area (Å²) in [6, 6.07) is 17.6. The summed E-state index contributed by atoms with van der Waals surface area (Å²) in [5, 5.41) is 14.6. The smallest absolute Gasteiger partial charge is 0.408 e. The number of alkyl carbamates (subject to hydrolysis) is 1. The highest BCUT2D eigenvalue weighted by Gasteiger charge is 2.28. The van der Waals surface area contributed by atoms with Crippen LogP contribution in [0.15, 0.2) is 71.6 Å². The summed E-state index contributed by atoms with van der Waals surface area (Å²) >= 11 is 12.2. The normalized spacial score (nSPS) is 13.7. The van der Waals surface area contributed by atoms with E-state index in [-0.39, 0.29) is 9.92 Å². The van der Waals surface area contributed by atoms with Gasteiger partial charge >= 0.3 is 6.09 Å². The van der Waals surface area contributed by atoms with Gasteiger partial charge in [0.15, 0.2) is 9.84 Å². The third-order valence-electron chi connectivity index (χ3n) is 5.14. The average Bonchev–Trinajstić information content (AvgIpc) is 2.77. The Balaban J connectivity index is 1.93. The van der Waals surface area contributed by atoms with Crippen molar-refractivity contribution in [2.45, 2.75) is 43.4 Å². The highest BCUT2D eigenvalue weighted by molar-refractivity contribution is 7.90. The van der Waals surface area contributed by atoms with Crippen LogP contribution >= 0.6 is 23.2 Å². The third kappa shape index (κ3) is 7.21. The van der Waals surface area contributed by atoms with Gasteiger partial charge in [0.25, 0.3) is 0 Å². The zero-order valence-electron chi connectivity index (χ0n) is 19.7. The Hall–Kier alpha value is -2.58. The summed E-state index contributed by atoms with van der Waals surface area (Å²) in [5.74, 6) is 0. The number of sulfone groups is 1. The highest BCUT2D eigenvalue weighted by atomic mass is 35.5. The average molecular weight is 536 g/mol. The minimum absolute atomic E-state index is 0.223. The Morgan fingerprint density at radius 1 is 0.914 bits per heavy atom. The first-order valence-corrected chi connectivity index (χ1v) is 13.4. The predicted octanol–water partition coefficient (Wildman–Crippen LogP) is 6.36. The standard InChI is InChI=1S/C26H27Cl2NO5S/c1-26(2,3)34-25(31)29-23(19-12-13-21(27)22(28)15-19)24(30)17-10-8-16(9-11-17)18-6-5-7-20(14-18)35(4,32)33/h5-15,23-24,30H,1-4H3,(H,29,31). The second-order valence-corrected chi connectivity index (χ2v) is 12.0. The molecule has 0 spiro atoms. The van der Waals surface area contributed by atoms with Gasteiger partial charge in [-0.05, 0) is 67.3 Å². The quantitative estimate of drug-likeness (QED) is 0.382. The number of carbonyl (C=O) groups excluding carboxylic acids is 1.